The molecular formula is C19H22ClFN4O3S. The Morgan fingerprint density at radius 3 is 2.83 bits per heavy atom. The van der Waals surface area contributed by atoms with Crippen molar-refractivity contribution in [3.63, 3.8) is 0 Å². The maximum atomic E-state index is 13.4. The number of aryl methyl sites for hydroxylation is 2. The van der Waals surface area contributed by atoms with Gasteiger partial charge >= 0.3 is 0 Å². The highest BCUT2D eigenvalue weighted by molar-refractivity contribution is 7.89. The second kappa shape index (κ2) is 8.64. The van der Waals surface area contributed by atoms with Crippen LogP contribution in [0.2, 0.25) is 5.15 Å². The fourth-order valence-corrected chi connectivity index (χ4v) is 4.82. The summed E-state index contributed by atoms with van der Waals surface area (Å²) in [5.41, 5.74) is 1.38. The number of halogens is 2. The zero-order valence-corrected chi connectivity index (χ0v) is 17.7. The van der Waals surface area contributed by atoms with E-state index in [0.717, 1.165) is 6.07 Å². The Bertz CT molecular complexity index is 1050. The van der Waals surface area contributed by atoms with Gasteiger partial charge in [0, 0.05) is 37.8 Å². The number of amides is 1. The van der Waals surface area contributed by atoms with Crippen molar-refractivity contribution in [3.8, 4) is 0 Å². The quantitative estimate of drug-likeness (QED) is 0.724. The highest BCUT2D eigenvalue weighted by atomic mass is 35.5. The lowest BCUT2D eigenvalue weighted by atomic mass is 10.1. The molecule has 7 nitrogen and oxygen atoms in total. The van der Waals surface area contributed by atoms with Gasteiger partial charge in [0.1, 0.15) is 11.0 Å². The van der Waals surface area contributed by atoms with Crippen molar-refractivity contribution in [2.75, 3.05) is 13.1 Å². The Labute approximate surface area is 174 Å². The van der Waals surface area contributed by atoms with Gasteiger partial charge in [-0.15, -0.1) is 0 Å². The van der Waals surface area contributed by atoms with Crippen LogP contribution in [0.25, 0.3) is 6.08 Å². The topological polar surface area (TPSA) is 84.3 Å². The summed E-state index contributed by atoms with van der Waals surface area (Å²) in [6.07, 6.45) is 4.28. The van der Waals surface area contributed by atoms with Crippen LogP contribution in [0.4, 0.5) is 4.39 Å². The lowest BCUT2D eigenvalue weighted by Crippen LogP contribution is -2.49. The van der Waals surface area contributed by atoms with E-state index in [1.807, 2.05) is 0 Å². The van der Waals surface area contributed by atoms with Crippen LogP contribution in [0.15, 0.2) is 35.2 Å². The number of hydrogen-bond acceptors (Lipinski definition) is 4. The zero-order valence-electron chi connectivity index (χ0n) is 16.1. The van der Waals surface area contributed by atoms with E-state index in [4.69, 9.17) is 11.6 Å². The van der Waals surface area contributed by atoms with Gasteiger partial charge in [-0.25, -0.2) is 17.5 Å². The van der Waals surface area contributed by atoms with Gasteiger partial charge in [0.2, 0.25) is 15.9 Å². The first-order valence-corrected chi connectivity index (χ1v) is 11.0. The molecule has 1 aromatic heterocycles. The fourth-order valence-electron chi connectivity index (χ4n) is 3.29. The van der Waals surface area contributed by atoms with Crippen molar-refractivity contribution >= 4 is 33.6 Å². The van der Waals surface area contributed by atoms with Gasteiger partial charge in [0.15, 0.2) is 0 Å². The zero-order chi connectivity index (χ0) is 21.2. The number of sulfonamides is 1. The molecule has 10 heteroatoms. The summed E-state index contributed by atoms with van der Waals surface area (Å²) in [6, 6.07) is 4.38. The average molecular weight is 441 g/mol. The van der Waals surface area contributed by atoms with Crippen molar-refractivity contribution in [1.82, 2.24) is 19.4 Å². The van der Waals surface area contributed by atoms with E-state index < -0.39 is 21.9 Å². The molecule has 0 saturated carbocycles. The molecule has 0 radical (unpaired) electrons. The first-order chi connectivity index (χ1) is 13.7. The summed E-state index contributed by atoms with van der Waals surface area (Å²) < 4.78 is 42.5. The van der Waals surface area contributed by atoms with E-state index in [-0.39, 0.29) is 17.3 Å². The summed E-state index contributed by atoms with van der Waals surface area (Å²) in [7, 11) is -2.15. The number of aromatic nitrogens is 2. The number of likely N-dealkylation sites (tertiary alicyclic amines) is 1. The Kier molecular flexibility index (Phi) is 6.40. The minimum Gasteiger partial charge on any atom is -0.338 e. The molecule has 1 amide bonds. The van der Waals surface area contributed by atoms with Gasteiger partial charge in [-0.05, 0) is 44.0 Å². The van der Waals surface area contributed by atoms with Gasteiger partial charge in [-0.1, -0.05) is 17.7 Å². The second-order valence-corrected chi connectivity index (χ2v) is 9.02. The number of benzene rings is 1. The second-order valence-electron chi connectivity index (χ2n) is 6.95. The molecule has 156 valence electrons. The molecule has 1 aliphatic rings. The largest absolute Gasteiger partial charge is 0.338 e. The lowest BCUT2D eigenvalue weighted by Gasteiger charge is -2.32. The van der Waals surface area contributed by atoms with Crippen LogP contribution in [0.3, 0.4) is 0 Å². The number of rotatable bonds is 5. The number of piperidine rings is 1. The van der Waals surface area contributed by atoms with Gasteiger partial charge in [-0.3, -0.25) is 9.48 Å². The predicted octanol–water partition coefficient (Wildman–Crippen LogP) is 2.50. The van der Waals surface area contributed by atoms with E-state index >= 15 is 0 Å². The predicted molar refractivity (Wildman–Crippen MR) is 108 cm³/mol. The summed E-state index contributed by atoms with van der Waals surface area (Å²) in [5, 5.41) is 4.63. The third-order valence-corrected chi connectivity index (χ3v) is 6.72. The van der Waals surface area contributed by atoms with Gasteiger partial charge in [-0.2, -0.15) is 5.10 Å². The van der Waals surface area contributed by atoms with Gasteiger partial charge in [0.05, 0.1) is 10.6 Å². The molecule has 1 atom stereocenters. The highest BCUT2D eigenvalue weighted by Gasteiger charge is 2.27. The van der Waals surface area contributed by atoms with Gasteiger partial charge in [0.25, 0.3) is 0 Å². The number of carbonyl (C=O) groups excluding carboxylic acids is 1. The fraction of sp³-hybridized carbons (Fsp3) is 0.368. The standard InChI is InChI=1S/C19H22ClFN4O3S/c1-13-17(19(20)24(2)22-13)8-9-18(26)25-10-4-6-15(12-25)23-29(27,28)16-7-3-5-14(21)11-16/h3,5,7-9,11,15,23H,4,6,10,12H2,1-2H3/b9-8+. The van der Waals surface area contributed by atoms with Crippen LogP contribution < -0.4 is 4.72 Å². The third-order valence-electron chi connectivity index (χ3n) is 4.75. The maximum absolute atomic E-state index is 13.4. The molecule has 1 aliphatic heterocycles. The summed E-state index contributed by atoms with van der Waals surface area (Å²) in [5.74, 6) is -0.859. The summed E-state index contributed by atoms with van der Waals surface area (Å²) in [4.78, 5) is 14.0. The summed E-state index contributed by atoms with van der Waals surface area (Å²) in [6.45, 7) is 2.56. The molecule has 0 bridgehead atoms. The number of nitrogens with zero attached hydrogens (tertiary/aromatic N) is 3. The first kappa shape index (κ1) is 21.5. The Hall–Kier alpha value is -2.23. The molecule has 1 N–H and O–H groups in total. The Balaban J connectivity index is 1.67. The molecule has 2 aromatic rings. The number of nitrogens with one attached hydrogen (secondary N) is 1. The molecule has 0 aliphatic carbocycles. The molecule has 29 heavy (non-hydrogen) atoms. The molecule has 1 fully saturated rings. The molecular weight excluding hydrogens is 419 g/mol. The van der Waals surface area contributed by atoms with Crippen molar-refractivity contribution in [2.24, 2.45) is 7.05 Å². The van der Waals surface area contributed by atoms with Crippen LogP contribution in [-0.4, -0.2) is 48.1 Å². The number of hydrogen-bond donors (Lipinski definition) is 1. The molecule has 1 saturated heterocycles. The van der Waals surface area contributed by atoms with Gasteiger partial charge < -0.3 is 4.90 Å². The maximum Gasteiger partial charge on any atom is 0.246 e. The third kappa shape index (κ3) is 5.04. The van der Waals surface area contributed by atoms with Crippen molar-refractivity contribution in [2.45, 2.75) is 30.7 Å². The van der Waals surface area contributed by atoms with Crippen molar-refractivity contribution < 1.29 is 17.6 Å². The van der Waals surface area contributed by atoms with Crippen LogP contribution in [0, 0.1) is 12.7 Å². The van der Waals surface area contributed by atoms with Crippen LogP contribution in [-0.2, 0) is 21.9 Å². The first-order valence-electron chi connectivity index (χ1n) is 9.11. The molecule has 1 aromatic carbocycles. The molecule has 3 rings (SSSR count). The smallest absolute Gasteiger partial charge is 0.246 e. The SMILES string of the molecule is Cc1nn(C)c(Cl)c1/C=C/C(=O)N1CCCC(NS(=O)(=O)c2cccc(F)c2)C1. The van der Waals surface area contributed by atoms with E-state index in [9.17, 15) is 17.6 Å². The highest BCUT2D eigenvalue weighted by Crippen LogP contribution is 2.21. The van der Waals surface area contributed by atoms with Crippen LogP contribution >= 0.6 is 11.6 Å². The monoisotopic (exact) mass is 440 g/mol. The van der Waals surface area contributed by atoms with Crippen molar-refractivity contribution in [1.29, 1.82) is 0 Å². The van der Waals surface area contributed by atoms with Crippen LogP contribution in [0.5, 0.6) is 0 Å². The van der Waals surface area contributed by atoms with E-state index in [2.05, 4.69) is 9.82 Å². The number of carbonyl (C=O) groups is 1. The average Bonchev–Trinajstić information content (AvgIpc) is 2.91. The van der Waals surface area contributed by atoms with Crippen molar-refractivity contribution in [3.05, 3.63) is 52.6 Å². The lowest BCUT2D eigenvalue weighted by molar-refractivity contribution is -0.127. The molecule has 1 unspecified atom stereocenters. The van der Waals surface area contributed by atoms with E-state index in [0.29, 0.717) is 35.8 Å². The Morgan fingerprint density at radius 2 is 2.17 bits per heavy atom. The molecule has 2 heterocycles. The Morgan fingerprint density at radius 1 is 1.41 bits per heavy atom. The summed E-state index contributed by atoms with van der Waals surface area (Å²) >= 11 is 6.17. The van der Waals surface area contributed by atoms with E-state index in [1.165, 1.54) is 29.0 Å². The van der Waals surface area contributed by atoms with E-state index in [1.54, 1.807) is 24.9 Å². The van der Waals surface area contributed by atoms with Crippen LogP contribution in [0.1, 0.15) is 24.1 Å². The molecule has 0 spiro atoms. The normalized spacial score (nSPS) is 17.8. The minimum atomic E-state index is -3.87. The minimum absolute atomic E-state index is 0.137.